The average molecular weight is 827 g/mol. The summed E-state index contributed by atoms with van der Waals surface area (Å²) in [6.07, 6.45) is 40.9. The predicted molar refractivity (Wildman–Crippen MR) is 236 cm³/mol. The number of unbranched alkanes of at least 4 members (excludes halogenated alkanes) is 14. The predicted octanol–water partition coefficient (Wildman–Crippen LogP) is 11.2. The Kier molecular flexibility index (Phi) is 36.8. The minimum absolute atomic E-state index is 0.00446. The summed E-state index contributed by atoms with van der Waals surface area (Å²) in [5, 5.41) is 20.8. The van der Waals surface area contributed by atoms with Crippen molar-refractivity contribution in [1.82, 2.24) is 0 Å². The van der Waals surface area contributed by atoms with Gasteiger partial charge in [-0.25, -0.2) is 4.57 Å². The second kappa shape index (κ2) is 38.2. The summed E-state index contributed by atoms with van der Waals surface area (Å²) in [4.78, 5) is 22.9. The Balaban J connectivity index is 4.57. The first-order valence-corrected chi connectivity index (χ1v) is 23.7. The van der Waals surface area contributed by atoms with E-state index in [2.05, 4.69) is 50.3 Å². The molecule has 0 rings (SSSR count). The number of phosphoric acid groups is 1. The van der Waals surface area contributed by atoms with Crippen LogP contribution in [0.25, 0.3) is 0 Å². The van der Waals surface area contributed by atoms with Crippen molar-refractivity contribution < 1.29 is 47.5 Å². The third kappa shape index (κ3) is 40.5. The molecule has 0 radical (unpaired) electrons. The van der Waals surface area contributed by atoms with Crippen LogP contribution < -0.4 is 0 Å². The number of phosphoric ester groups is 1. The van der Waals surface area contributed by atoms with Gasteiger partial charge in [0.05, 0.1) is 46.2 Å². The second-order valence-corrected chi connectivity index (χ2v) is 17.5. The van der Waals surface area contributed by atoms with E-state index in [1.165, 1.54) is 77.0 Å². The van der Waals surface area contributed by atoms with Crippen LogP contribution in [0.3, 0.4) is 0 Å². The molecule has 0 saturated carbocycles. The van der Waals surface area contributed by atoms with Crippen LogP contribution in [0.5, 0.6) is 0 Å². The molecule has 0 aromatic carbocycles. The van der Waals surface area contributed by atoms with E-state index in [4.69, 9.17) is 18.5 Å². The van der Waals surface area contributed by atoms with Gasteiger partial charge in [0, 0.05) is 6.42 Å². The van der Waals surface area contributed by atoms with Crippen molar-refractivity contribution in [2.75, 3.05) is 47.5 Å². The maximum atomic E-state index is 12.7. The molecule has 3 unspecified atom stereocenters. The lowest BCUT2D eigenvalue weighted by atomic mass is 10.0. The molecule has 0 aliphatic carbocycles. The third-order valence-electron chi connectivity index (χ3n) is 9.32. The van der Waals surface area contributed by atoms with Gasteiger partial charge < -0.3 is 29.1 Å². The fourth-order valence-electron chi connectivity index (χ4n) is 5.67. The smallest absolute Gasteiger partial charge is 0.472 e. The van der Waals surface area contributed by atoms with Crippen LogP contribution in [0.1, 0.15) is 162 Å². The van der Waals surface area contributed by atoms with Gasteiger partial charge in [-0.2, -0.15) is 0 Å². The molecule has 0 aromatic rings. The largest absolute Gasteiger partial charge is 0.498 e. The quantitative estimate of drug-likeness (QED) is 0.0138. The number of aliphatic hydroxyl groups excluding tert-OH is 2. The summed E-state index contributed by atoms with van der Waals surface area (Å²) < 4.78 is 34.5. The number of carbonyl (C=O) groups is 1. The number of hydrogen-bond donors (Lipinski definition) is 3. The van der Waals surface area contributed by atoms with Crippen molar-refractivity contribution >= 4 is 13.8 Å². The van der Waals surface area contributed by atoms with Gasteiger partial charge in [0.2, 0.25) is 0 Å². The van der Waals surface area contributed by atoms with Crippen LogP contribution in [0.15, 0.2) is 60.9 Å². The first kappa shape index (κ1) is 55.0. The number of esters is 1. The highest BCUT2D eigenvalue weighted by Crippen LogP contribution is 2.43. The second-order valence-electron chi connectivity index (χ2n) is 16.1. The fourth-order valence-corrected chi connectivity index (χ4v) is 6.42. The molecule has 0 aliphatic rings. The molecule has 0 amide bonds. The maximum absolute atomic E-state index is 12.7. The van der Waals surface area contributed by atoms with E-state index >= 15 is 0 Å². The Bertz CT molecular complexity index is 1130. The summed E-state index contributed by atoms with van der Waals surface area (Å²) in [6.45, 7) is 4.53. The zero-order chi connectivity index (χ0) is 42.3. The monoisotopic (exact) mass is 827 g/mol. The molecule has 0 spiro atoms. The van der Waals surface area contributed by atoms with Gasteiger partial charge in [0.1, 0.15) is 19.8 Å². The molecule has 332 valence electrons. The summed E-state index contributed by atoms with van der Waals surface area (Å²) in [6, 6.07) is 0. The van der Waals surface area contributed by atoms with Crippen molar-refractivity contribution in [2.24, 2.45) is 0 Å². The van der Waals surface area contributed by atoms with Crippen LogP contribution in [0, 0.1) is 0 Å². The molecular weight excluding hydrogens is 741 g/mol. The highest BCUT2D eigenvalue weighted by atomic mass is 31.2. The molecule has 0 fully saturated rings. The standard InChI is InChI=1S/C46H84NO9P/c1-6-8-10-12-14-16-18-20-21-22-23-25-27-29-31-33-39-53-41-43(42-55-57(51,52)54-40-38-47(3,4)5)56-46(50)37-34-36-45(49)44(48)35-32-30-28-26-24-19-17-15-13-11-9-7-2/h15,17,20-21,24,26,30,32-33,39,43-45,48-49H,6-14,16,18-19,22-23,25,27-29,31,34-38,40-42H2,1-5H3/p+1/b17-15-,21-20-,26-24-,32-30-,39-33+/t43-,44?,45?/m1/s1. The lowest BCUT2D eigenvalue weighted by Gasteiger charge is -2.24. The molecule has 0 saturated heterocycles. The fraction of sp³-hybridized carbons (Fsp3) is 0.761. The number of carbonyl (C=O) groups excluding carboxylic acids is 1. The van der Waals surface area contributed by atoms with Crippen LogP contribution in [0.2, 0.25) is 0 Å². The summed E-state index contributed by atoms with van der Waals surface area (Å²) in [5.41, 5.74) is 0. The van der Waals surface area contributed by atoms with E-state index in [0.29, 0.717) is 23.9 Å². The molecule has 11 heteroatoms. The number of allylic oxidation sites excluding steroid dienone is 8. The minimum atomic E-state index is -4.38. The first-order valence-electron chi connectivity index (χ1n) is 22.2. The number of likely N-dealkylation sites (N-methyl/N-ethyl adjacent to an activating group) is 1. The SMILES string of the molecule is CCCCC/C=C\C/C=C\C/C=C\CC(O)C(O)CCCC(=O)O[C@H](CO/C=C/CCCCCC/C=C\CCCCCCCC)COP(=O)(O)OCC[N+](C)(C)C. The van der Waals surface area contributed by atoms with E-state index in [1.54, 1.807) is 6.26 Å². The van der Waals surface area contributed by atoms with Gasteiger partial charge >= 0.3 is 13.8 Å². The van der Waals surface area contributed by atoms with E-state index in [0.717, 1.165) is 44.9 Å². The summed E-state index contributed by atoms with van der Waals surface area (Å²) in [7, 11) is 1.45. The third-order valence-corrected chi connectivity index (χ3v) is 10.3. The van der Waals surface area contributed by atoms with Gasteiger partial charge in [-0.15, -0.1) is 0 Å². The topological polar surface area (TPSA) is 132 Å². The number of ether oxygens (including phenoxy) is 2. The van der Waals surface area contributed by atoms with Crippen LogP contribution in [-0.2, 0) is 27.9 Å². The van der Waals surface area contributed by atoms with Crippen LogP contribution in [0.4, 0.5) is 0 Å². The summed E-state index contributed by atoms with van der Waals surface area (Å²) in [5.74, 6) is -0.559. The highest BCUT2D eigenvalue weighted by molar-refractivity contribution is 7.47. The molecule has 0 bridgehead atoms. The van der Waals surface area contributed by atoms with Gasteiger partial charge in [-0.3, -0.25) is 13.8 Å². The minimum Gasteiger partial charge on any atom is -0.498 e. The van der Waals surface area contributed by atoms with Crippen molar-refractivity contribution in [1.29, 1.82) is 0 Å². The zero-order valence-electron chi connectivity index (χ0n) is 36.8. The molecule has 4 atom stereocenters. The van der Waals surface area contributed by atoms with Crippen molar-refractivity contribution in [2.45, 2.75) is 180 Å². The van der Waals surface area contributed by atoms with Crippen molar-refractivity contribution in [3.05, 3.63) is 60.9 Å². The van der Waals surface area contributed by atoms with Gasteiger partial charge in [0.15, 0.2) is 6.10 Å². The molecule has 0 aromatic heterocycles. The Morgan fingerprint density at radius 1 is 0.632 bits per heavy atom. The first-order chi connectivity index (χ1) is 27.4. The normalized spacial score (nSPS) is 15.4. The molecule has 0 heterocycles. The van der Waals surface area contributed by atoms with Crippen LogP contribution >= 0.6 is 7.82 Å². The zero-order valence-corrected chi connectivity index (χ0v) is 37.7. The molecule has 0 aliphatic heterocycles. The average Bonchev–Trinajstić information content (AvgIpc) is 3.16. The molecule has 57 heavy (non-hydrogen) atoms. The number of rotatable bonds is 40. The Morgan fingerprint density at radius 2 is 1.14 bits per heavy atom. The Morgan fingerprint density at radius 3 is 1.75 bits per heavy atom. The molecular formula is C46H85NO9P+. The Labute approximate surface area is 348 Å². The lowest BCUT2D eigenvalue weighted by molar-refractivity contribution is -0.870. The van der Waals surface area contributed by atoms with E-state index < -0.39 is 32.1 Å². The van der Waals surface area contributed by atoms with Gasteiger partial charge in [-0.1, -0.05) is 120 Å². The number of hydrogen-bond acceptors (Lipinski definition) is 8. The van der Waals surface area contributed by atoms with Gasteiger partial charge in [0.25, 0.3) is 0 Å². The Hall–Kier alpha value is -2.04. The lowest BCUT2D eigenvalue weighted by Crippen LogP contribution is -2.37. The van der Waals surface area contributed by atoms with E-state index in [-0.39, 0.29) is 32.7 Å². The van der Waals surface area contributed by atoms with Gasteiger partial charge in [-0.05, 0) is 89.5 Å². The number of aliphatic hydroxyl groups is 2. The maximum Gasteiger partial charge on any atom is 0.472 e. The highest BCUT2D eigenvalue weighted by Gasteiger charge is 2.26. The number of quaternary nitrogens is 1. The van der Waals surface area contributed by atoms with Crippen molar-refractivity contribution in [3.8, 4) is 0 Å². The molecule has 10 nitrogen and oxygen atoms in total. The van der Waals surface area contributed by atoms with Crippen molar-refractivity contribution in [3.63, 3.8) is 0 Å². The number of nitrogens with zero attached hydrogens (tertiary/aromatic N) is 1. The van der Waals surface area contributed by atoms with E-state index in [9.17, 15) is 24.5 Å². The molecule has 3 N–H and O–H groups in total. The summed E-state index contributed by atoms with van der Waals surface area (Å²) >= 11 is 0. The van der Waals surface area contributed by atoms with E-state index in [1.807, 2.05) is 39.4 Å². The van der Waals surface area contributed by atoms with Crippen LogP contribution in [-0.4, -0.2) is 91.4 Å².